The zero-order valence-electron chi connectivity index (χ0n) is 25.8. The second kappa shape index (κ2) is 13.8. The number of hydrogen-bond acceptors (Lipinski definition) is 6. The Balaban J connectivity index is 1.63. The molecule has 0 saturated carbocycles. The van der Waals surface area contributed by atoms with E-state index >= 15 is 0 Å². The molecule has 234 valence electrons. The number of rotatable bonds is 8. The van der Waals surface area contributed by atoms with Gasteiger partial charge in [-0.2, -0.15) is 0 Å². The van der Waals surface area contributed by atoms with Gasteiger partial charge in [0.1, 0.15) is 23.4 Å². The lowest BCUT2D eigenvalue weighted by Gasteiger charge is -2.41. The summed E-state index contributed by atoms with van der Waals surface area (Å²) in [5, 5.41) is 11.4. The van der Waals surface area contributed by atoms with Gasteiger partial charge in [0.25, 0.3) is 0 Å². The lowest BCUT2D eigenvalue weighted by atomic mass is 9.93. The summed E-state index contributed by atoms with van der Waals surface area (Å²) in [4.78, 5) is 25.9. The van der Waals surface area contributed by atoms with Gasteiger partial charge in [-0.1, -0.05) is 47.5 Å². The van der Waals surface area contributed by atoms with E-state index in [4.69, 9.17) is 37.7 Å². The van der Waals surface area contributed by atoms with Gasteiger partial charge in [0.05, 0.1) is 30.9 Å². The number of hydrogen-bond donors (Lipinski definition) is 1. The molecule has 1 saturated heterocycles. The van der Waals surface area contributed by atoms with Crippen LogP contribution in [-0.4, -0.2) is 83.2 Å². The second-order valence-corrected chi connectivity index (χ2v) is 12.5. The molecule has 2 aliphatic rings. The molecule has 0 unspecified atom stereocenters. The summed E-state index contributed by atoms with van der Waals surface area (Å²) in [5.41, 5.74) is 2.53. The van der Waals surface area contributed by atoms with Crippen molar-refractivity contribution in [3.8, 4) is 11.5 Å². The van der Waals surface area contributed by atoms with Gasteiger partial charge in [-0.15, -0.1) is 0 Å². The number of amides is 2. The number of benzene rings is 3. The van der Waals surface area contributed by atoms with Gasteiger partial charge in [0.15, 0.2) is 0 Å². The molecule has 0 radical (unpaired) electrons. The predicted octanol–water partition coefficient (Wildman–Crippen LogP) is 6.84. The SMILES string of the molecule is COc1ccc(C2=N[C@H](c3ccc(Cl)cc3)[C@H](c3ccc(Cl)cc3)N2C(=O)N2CCN([C@H](C)[C@@H](C)O)CC2)c(OC(C)C)c1. The van der Waals surface area contributed by atoms with Crippen molar-refractivity contribution in [1.29, 1.82) is 0 Å². The molecule has 8 nitrogen and oxygen atoms in total. The molecule has 2 amide bonds. The first-order valence-electron chi connectivity index (χ1n) is 15.0. The molecule has 3 aromatic rings. The van der Waals surface area contributed by atoms with Crippen molar-refractivity contribution in [2.45, 2.75) is 58.0 Å². The van der Waals surface area contributed by atoms with Crippen LogP contribution in [0.2, 0.25) is 10.0 Å². The summed E-state index contributed by atoms with van der Waals surface area (Å²) >= 11 is 12.6. The normalized spacial score (nSPS) is 20.4. The molecule has 2 aliphatic heterocycles. The number of carbonyl (C=O) groups excluding carboxylic acids is 1. The van der Waals surface area contributed by atoms with Gasteiger partial charge in [-0.25, -0.2) is 4.79 Å². The zero-order chi connectivity index (χ0) is 31.5. The van der Waals surface area contributed by atoms with Gasteiger partial charge in [0.2, 0.25) is 0 Å². The van der Waals surface area contributed by atoms with Crippen LogP contribution < -0.4 is 9.47 Å². The second-order valence-electron chi connectivity index (χ2n) is 11.6. The first-order chi connectivity index (χ1) is 21.1. The Morgan fingerprint density at radius 2 is 1.48 bits per heavy atom. The highest BCUT2D eigenvalue weighted by atomic mass is 35.5. The van der Waals surface area contributed by atoms with Crippen LogP contribution in [0.25, 0.3) is 0 Å². The van der Waals surface area contributed by atoms with Gasteiger partial charge >= 0.3 is 6.03 Å². The number of piperazine rings is 1. The maximum atomic E-state index is 14.7. The maximum Gasteiger partial charge on any atom is 0.326 e. The molecule has 0 spiro atoms. The van der Waals surface area contributed by atoms with E-state index in [1.54, 1.807) is 14.0 Å². The smallest absolute Gasteiger partial charge is 0.326 e. The average Bonchev–Trinajstić information content (AvgIpc) is 3.41. The van der Waals surface area contributed by atoms with Gasteiger partial charge in [0, 0.05) is 48.3 Å². The van der Waals surface area contributed by atoms with E-state index in [-0.39, 0.29) is 18.2 Å². The molecule has 1 fully saturated rings. The molecule has 44 heavy (non-hydrogen) atoms. The standard InChI is InChI=1S/C34H40Cl2N4O4/c1-21(2)44-30-20-28(43-5)14-15-29(30)33-37-31(24-6-10-26(35)11-7-24)32(25-8-12-27(36)13-9-25)40(33)34(42)39-18-16-38(17-19-39)22(3)23(4)41/h6-15,20-23,31-32,41H,16-19H2,1-5H3/t22-,23-,31-,32+/m1/s1. The molecule has 4 atom stereocenters. The summed E-state index contributed by atoms with van der Waals surface area (Å²) in [5.74, 6) is 1.75. The topological polar surface area (TPSA) is 77.8 Å². The number of aliphatic imine (C=N–C) groups is 1. The molecule has 2 heterocycles. The number of amidine groups is 1. The molecular formula is C34H40Cl2N4O4. The zero-order valence-corrected chi connectivity index (χ0v) is 27.3. The van der Waals surface area contributed by atoms with Gasteiger partial charge < -0.3 is 19.5 Å². The van der Waals surface area contributed by atoms with E-state index in [1.165, 1.54) is 0 Å². The van der Waals surface area contributed by atoms with Crippen LogP contribution in [-0.2, 0) is 0 Å². The number of carbonyl (C=O) groups is 1. The maximum absolute atomic E-state index is 14.7. The number of aliphatic hydroxyl groups excluding tert-OH is 1. The summed E-state index contributed by atoms with van der Waals surface area (Å²) in [6.45, 7) is 10.1. The van der Waals surface area contributed by atoms with Crippen LogP contribution >= 0.6 is 23.2 Å². The number of ether oxygens (including phenoxy) is 2. The predicted molar refractivity (Wildman–Crippen MR) is 175 cm³/mol. The van der Waals surface area contributed by atoms with Crippen LogP contribution in [0, 0.1) is 0 Å². The molecule has 3 aromatic carbocycles. The van der Waals surface area contributed by atoms with Crippen LogP contribution in [0.5, 0.6) is 11.5 Å². The quantitative estimate of drug-likeness (QED) is 0.292. The lowest BCUT2D eigenvalue weighted by Crippen LogP contribution is -2.56. The fraction of sp³-hybridized carbons (Fsp3) is 0.412. The highest BCUT2D eigenvalue weighted by Crippen LogP contribution is 2.46. The summed E-state index contributed by atoms with van der Waals surface area (Å²) in [7, 11) is 1.61. The Labute approximate surface area is 269 Å². The summed E-state index contributed by atoms with van der Waals surface area (Å²) in [6, 6.07) is 19.8. The molecule has 10 heteroatoms. The van der Waals surface area contributed by atoms with Crippen LogP contribution in [0.15, 0.2) is 71.7 Å². The van der Waals surface area contributed by atoms with E-state index in [1.807, 2.05) is 97.3 Å². The van der Waals surface area contributed by atoms with Gasteiger partial charge in [-0.05, 0) is 75.2 Å². The van der Waals surface area contributed by atoms with Crippen molar-refractivity contribution < 1.29 is 19.4 Å². The minimum Gasteiger partial charge on any atom is -0.497 e. The Hall–Kier alpha value is -3.30. The van der Waals surface area contributed by atoms with Crippen LogP contribution in [0.4, 0.5) is 4.79 Å². The Bertz CT molecular complexity index is 1470. The minimum atomic E-state index is -0.460. The highest BCUT2D eigenvalue weighted by Gasteiger charge is 2.45. The molecule has 0 aromatic heterocycles. The first kappa shape index (κ1) is 32.1. The number of methoxy groups -OCH3 is 1. The van der Waals surface area contributed by atoms with Crippen molar-refractivity contribution >= 4 is 35.1 Å². The van der Waals surface area contributed by atoms with Crippen LogP contribution in [0.3, 0.4) is 0 Å². The minimum absolute atomic E-state index is 0.00213. The largest absolute Gasteiger partial charge is 0.497 e. The van der Waals surface area contributed by atoms with Crippen molar-refractivity contribution in [3.05, 3.63) is 93.5 Å². The summed E-state index contributed by atoms with van der Waals surface area (Å²) in [6.07, 6.45) is -0.575. The van der Waals surface area contributed by atoms with Crippen molar-refractivity contribution in [3.63, 3.8) is 0 Å². The van der Waals surface area contributed by atoms with Crippen molar-refractivity contribution in [2.75, 3.05) is 33.3 Å². The van der Waals surface area contributed by atoms with Crippen molar-refractivity contribution in [2.24, 2.45) is 4.99 Å². The van der Waals surface area contributed by atoms with Crippen LogP contribution in [0.1, 0.15) is 56.5 Å². The first-order valence-corrected chi connectivity index (χ1v) is 15.8. The number of urea groups is 1. The average molecular weight is 640 g/mol. The van der Waals surface area contributed by atoms with E-state index < -0.39 is 18.2 Å². The number of aliphatic hydroxyl groups is 1. The molecule has 5 rings (SSSR count). The molecular weight excluding hydrogens is 599 g/mol. The van der Waals surface area contributed by atoms with E-state index in [2.05, 4.69) is 4.90 Å². The molecule has 0 aliphatic carbocycles. The third-order valence-corrected chi connectivity index (χ3v) is 8.85. The third kappa shape index (κ3) is 6.84. The van der Waals surface area contributed by atoms with E-state index in [9.17, 15) is 9.90 Å². The Morgan fingerprint density at radius 1 is 0.886 bits per heavy atom. The Morgan fingerprint density at radius 3 is 2.02 bits per heavy atom. The molecule has 0 bridgehead atoms. The number of halogens is 2. The van der Waals surface area contributed by atoms with Crippen molar-refractivity contribution in [1.82, 2.24) is 14.7 Å². The lowest BCUT2D eigenvalue weighted by molar-refractivity contribution is 0.0401. The highest BCUT2D eigenvalue weighted by molar-refractivity contribution is 6.30. The fourth-order valence-electron chi connectivity index (χ4n) is 5.80. The van der Waals surface area contributed by atoms with Gasteiger partial charge in [-0.3, -0.25) is 14.8 Å². The summed E-state index contributed by atoms with van der Waals surface area (Å²) < 4.78 is 11.8. The molecule has 1 N–H and O–H groups in total. The van der Waals surface area contributed by atoms with E-state index in [0.717, 1.165) is 11.1 Å². The number of nitrogens with zero attached hydrogens (tertiary/aromatic N) is 4. The third-order valence-electron chi connectivity index (χ3n) is 8.35. The Kier molecular flexibility index (Phi) is 10.1. The van der Waals surface area contributed by atoms with E-state index in [0.29, 0.717) is 59.1 Å². The fourth-order valence-corrected chi connectivity index (χ4v) is 6.05. The monoisotopic (exact) mass is 638 g/mol.